The lowest BCUT2D eigenvalue weighted by Crippen LogP contribution is -2.50. The van der Waals surface area contributed by atoms with Gasteiger partial charge in [-0.1, -0.05) is 48.6 Å². The third kappa shape index (κ3) is 4.43. The summed E-state index contributed by atoms with van der Waals surface area (Å²) in [6.45, 7) is 2.40. The van der Waals surface area contributed by atoms with Gasteiger partial charge >= 0.3 is 0 Å². The molecule has 2 aliphatic heterocycles. The van der Waals surface area contributed by atoms with Gasteiger partial charge in [-0.3, -0.25) is 9.39 Å². The van der Waals surface area contributed by atoms with Gasteiger partial charge in [-0.25, -0.2) is 9.97 Å². The Morgan fingerprint density at radius 3 is 2.59 bits per heavy atom. The summed E-state index contributed by atoms with van der Waals surface area (Å²) in [5.74, 6) is 2.09. The number of hydrogen-bond donors (Lipinski definition) is 1. The number of nitrogens with zero attached hydrogens (tertiary/aromatic N) is 6. The predicted molar refractivity (Wildman–Crippen MR) is 158 cm³/mol. The van der Waals surface area contributed by atoms with Gasteiger partial charge in [-0.05, 0) is 75.7 Å². The van der Waals surface area contributed by atoms with E-state index in [1.165, 1.54) is 37.1 Å². The SMILES string of the molecule is CN1CCC(N(C)[C@H]2C[C@@H](c3nc(C4=CC=C5C=CC(c6ccccc6)=NC5C4)c4c(N)nccn43)C2)CC1. The first-order valence-electron chi connectivity index (χ1n) is 14.3. The van der Waals surface area contributed by atoms with Crippen molar-refractivity contribution in [1.82, 2.24) is 24.2 Å². The molecule has 1 saturated carbocycles. The Bertz CT molecular complexity index is 1500. The molecule has 0 bridgehead atoms. The molecule has 7 nitrogen and oxygen atoms in total. The molecule has 7 heteroatoms. The molecule has 0 amide bonds. The molecule has 1 saturated heterocycles. The lowest BCUT2D eigenvalue weighted by molar-refractivity contribution is 0.0571. The molecule has 0 radical (unpaired) electrons. The van der Waals surface area contributed by atoms with Crippen molar-refractivity contribution in [3.8, 4) is 0 Å². The smallest absolute Gasteiger partial charge is 0.150 e. The highest BCUT2D eigenvalue weighted by atomic mass is 15.2. The van der Waals surface area contributed by atoms with Crippen LogP contribution in [0.4, 0.5) is 5.82 Å². The third-order valence-electron chi connectivity index (χ3n) is 9.31. The number of allylic oxidation sites excluding steroid dienone is 3. The van der Waals surface area contributed by atoms with E-state index in [1.54, 1.807) is 6.20 Å². The van der Waals surface area contributed by atoms with Gasteiger partial charge in [0, 0.05) is 36.8 Å². The normalized spacial score (nSPS) is 25.7. The summed E-state index contributed by atoms with van der Waals surface area (Å²) >= 11 is 0. The average molecular weight is 520 g/mol. The van der Waals surface area contributed by atoms with E-state index in [0.29, 0.717) is 23.8 Å². The maximum atomic E-state index is 6.49. The van der Waals surface area contributed by atoms with E-state index in [0.717, 1.165) is 47.6 Å². The van der Waals surface area contributed by atoms with Gasteiger partial charge in [-0.2, -0.15) is 0 Å². The van der Waals surface area contributed by atoms with Gasteiger partial charge < -0.3 is 15.5 Å². The van der Waals surface area contributed by atoms with E-state index in [2.05, 4.69) is 81.8 Å². The molecule has 3 aromatic rings. The Morgan fingerprint density at radius 1 is 1.00 bits per heavy atom. The lowest BCUT2D eigenvalue weighted by Gasteiger charge is -2.46. The van der Waals surface area contributed by atoms with Gasteiger partial charge in [-0.15, -0.1) is 0 Å². The molecule has 1 atom stereocenters. The van der Waals surface area contributed by atoms with E-state index >= 15 is 0 Å². The summed E-state index contributed by atoms with van der Waals surface area (Å²) in [5, 5.41) is 0. The molecule has 2 fully saturated rings. The number of aromatic nitrogens is 3. The number of likely N-dealkylation sites (tertiary alicyclic amines) is 1. The van der Waals surface area contributed by atoms with Crippen LogP contribution in [0.2, 0.25) is 0 Å². The molecule has 39 heavy (non-hydrogen) atoms. The molecule has 2 N–H and O–H groups in total. The maximum absolute atomic E-state index is 6.49. The number of nitrogen functional groups attached to an aromatic ring is 1. The Morgan fingerprint density at radius 2 is 1.79 bits per heavy atom. The first-order chi connectivity index (χ1) is 19.0. The second-order valence-corrected chi connectivity index (χ2v) is 11.7. The zero-order chi connectivity index (χ0) is 26.5. The van der Waals surface area contributed by atoms with Crippen molar-refractivity contribution < 1.29 is 0 Å². The van der Waals surface area contributed by atoms with Gasteiger partial charge in [0.1, 0.15) is 17.2 Å². The lowest BCUT2D eigenvalue weighted by atomic mass is 9.78. The summed E-state index contributed by atoms with van der Waals surface area (Å²) in [7, 11) is 4.56. The van der Waals surface area contributed by atoms with Crippen LogP contribution in [0.25, 0.3) is 11.1 Å². The fourth-order valence-electron chi connectivity index (χ4n) is 6.76. The van der Waals surface area contributed by atoms with E-state index < -0.39 is 0 Å². The molecule has 1 unspecified atom stereocenters. The van der Waals surface area contributed by atoms with Crippen LogP contribution in [-0.4, -0.2) is 75.2 Å². The van der Waals surface area contributed by atoms with Crippen LogP contribution in [0.15, 0.2) is 77.6 Å². The number of nitrogens with two attached hydrogens (primary N) is 1. The highest BCUT2D eigenvalue weighted by Crippen LogP contribution is 2.43. The molecule has 200 valence electrons. The number of hydrogen-bond acceptors (Lipinski definition) is 6. The molecule has 7 rings (SSSR count). The van der Waals surface area contributed by atoms with Crippen molar-refractivity contribution in [2.45, 2.75) is 56.1 Å². The zero-order valence-corrected chi connectivity index (χ0v) is 22.9. The topological polar surface area (TPSA) is 75.0 Å². The summed E-state index contributed by atoms with van der Waals surface area (Å²) in [5.41, 5.74) is 13.0. The van der Waals surface area contributed by atoms with Crippen molar-refractivity contribution in [3.63, 3.8) is 0 Å². The van der Waals surface area contributed by atoms with Crippen molar-refractivity contribution in [2.24, 2.45) is 4.99 Å². The summed E-state index contributed by atoms with van der Waals surface area (Å²) in [4.78, 5) is 19.9. The molecule has 1 aromatic carbocycles. The number of aliphatic imine (C=N–C) groups is 1. The van der Waals surface area contributed by atoms with Crippen LogP contribution in [0, 0.1) is 0 Å². The number of benzene rings is 1. The minimum atomic E-state index is 0.0829. The maximum Gasteiger partial charge on any atom is 0.150 e. The monoisotopic (exact) mass is 519 g/mol. The largest absolute Gasteiger partial charge is 0.382 e. The van der Waals surface area contributed by atoms with Gasteiger partial charge in [0.15, 0.2) is 0 Å². The first-order valence-corrected chi connectivity index (χ1v) is 14.3. The first kappa shape index (κ1) is 24.5. The van der Waals surface area contributed by atoms with E-state index in [1.807, 2.05) is 12.3 Å². The minimum Gasteiger partial charge on any atom is -0.382 e. The van der Waals surface area contributed by atoms with Crippen molar-refractivity contribution in [3.05, 3.63) is 89.7 Å². The van der Waals surface area contributed by atoms with E-state index in [4.69, 9.17) is 15.7 Å². The van der Waals surface area contributed by atoms with Crippen LogP contribution in [0.1, 0.15) is 55.1 Å². The third-order valence-corrected chi connectivity index (χ3v) is 9.31. The van der Waals surface area contributed by atoms with Gasteiger partial charge in [0.25, 0.3) is 0 Å². The minimum absolute atomic E-state index is 0.0829. The van der Waals surface area contributed by atoms with Crippen LogP contribution < -0.4 is 5.73 Å². The van der Waals surface area contributed by atoms with Gasteiger partial charge in [0.05, 0.1) is 17.4 Å². The Balaban J connectivity index is 1.14. The number of dihydropyridines is 1. The van der Waals surface area contributed by atoms with Crippen molar-refractivity contribution in [2.75, 3.05) is 32.9 Å². The molecular weight excluding hydrogens is 482 g/mol. The number of imidazole rings is 1. The highest BCUT2D eigenvalue weighted by molar-refractivity contribution is 6.10. The average Bonchev–Trinajstić information content (AvgIpc) is 3.33. The summed E-state index contributed by atoms with van der Waals surface area (Å²) in [6, 6.07) is 11.8. The molecule has 4 aliphatic rings. The van der Waals surface area contributed by atoms with Gasteiger partial charge in [0.2, 0.25) is 0 Å². The van der Waals surface area contributed by atoms with Crippen molar-refractivity contribution >= 4 is 22.6 Å². The number of piperidine rings is 1. The molecule has 4 heterocycles. The highest BCUT2D eigenvalue weighted by Gasteiger charge is 2.39. The second-order valence-electron chi connectivity index (χ2n) is 11.7. The van der Waals surface area contributed by atoms with E-state index in [-0.39, 0.29) is 6.04 Å². The molecule has 0 spiro atoms. The van der Waals surface area contributed by atoms with Crippen LogP contribution in [0.5, 0.6) is 0 Å². The Hall–Kier alpha value is -3.55. The molecule has 2 aromatic heterocycles. The van der Waals surface area contributed by atoms with Crippen LogP contribution in [-0.2, 0) is 0 Å². The molecular formula is C32H37N7. The predicted octanol–water partition coefficient (Wildman–Crippen LogP) is 4.72. The zero-order valence-electron chi connectivity index (χ0n) is 22.9. The standard InChI is InChI=1S/C32H37N7/c1-37-15-12-25(13-16-37)38(2)26-18-24(19-26)32-36-29(30-31(33)34-14-17-39(30)32)23-9-8-22-10-11-27(35-28(22)20-23)21-6-4-3-5-7-21/h3-11,14,17,24-26,28H,12-13,15-16,18-20H2,1-2H3,(H2,33,34)/t24-,26+,28?. The summed E-state index contributed by atoms with van der Waals surface area (Å²) < 4.78 is 2.20. The quantitative estimate of drug-likeness (QED) is 0.528. The second kappa shape index (κ2) is 9.88. The fraction of sp³-hybridized carbons (Fsp3) is 0.406. The van der Waals surface area contributed by atoms with E-state index in [9.17, 15) is 0 Å². The number of fused-ring (bicyclic) bond motifs is 2. The number of rotatable bonds is 5. The van der Waals surface area contributed by atoms with Crippen molar-refractivity contribution in [1.29, 1.82) is 0 Å². The van der Waals surface area contributed by atoms with Crippen LogP contribution >= 0.6 is 0 Å². The number of anilines is 1. The summed E-state index contributed by atoms with van der Waals surface area (Å²) in [6.07, 6.45) is 18.2. The Labute approximate surface area is 230 Å². The fourth-order valence-corrected chi connectivity index (χ4v) is 6.76. The van der Waals surface area contributed by atoms with Crippen LogP contribution in [0.3, 0.4) is 0 Å². The molecule has 2 aliphatic carbocycles. The Kier molecular flexibility index (Phi) is 6.21.